The third kappa shape index (κ3) is 4.24. The van der Waals surface area contributed by atoms with Crippen molar-refractivity contribution in [1.29, 1.82) is 0 Å². The molecule has 1 aliphatic heterocycles. The first-order valence-electron chi connectivity index (χ1n) is 7.63. The standard InChI is InChI=1S/C18H18ClNO3/c19-13-7-9-14(10-8-13)20-18(21)16-5-1-2-6-17(16)23-12-15-4-3-11-22-15/h1-2,5-10,15H,3-4,11-12H2,(H,20,21)/t15-/m0/s1. The van der Waals surface area contributed by atoms with Crippen LogP contribution in [0.1, 0.15) is 23.2 Å². The van der Waals surface area contributed by atoms with Gasteiger partial charge >= 0.3 is 0 Å². The molecule has 1 N–H and O–H groups in total. The van der Waals surface area contributed by atoms with Crippen LogP contribution in [0.2, 0.25) is 5.02 Å². The number of hydrogen-bond acceptors (Lipinski definition) is 3. The van der Waals surface area contributed by atoms with E-state index in [-0.39, 0.29) is 12.0 Å². The number of nitrogens with one attached hydrogen (secondary N) is 1. The molecule has 0 unspecified atom stereocenters. The van der Waals surface area contributed by atoms with E-state index in [1.165, 1.54) is 0 Å². The van der Waals surface area contributed by atoms with Crippen molar-refractivity contribution in [2.24, 2.45) is 0 Å². The van der Waals surface area contributed by atoms with Crippen molar-refractivity contribution < 1.29 is 14.3 Å². The highest BCUT2D eigenvalue weighted by molar-refractivity contribution is 6.30. The molecule has 0 spiro atoms. The van der Waals surface area contributed by atoms with Crippen LogP contribution in [0.3, 0.4) is 0 Å². The molecule has 23 heavy (non-hydrogen) atoms. The number of ether oxygens (including phenoxy) is 2. The number of halogens is 1. The van der Waals surface area contributed by atoms with Gasteiger partial charge in [-0.3, -0.25) is 4.79 Å². The Morgan fingerprint density at radius 1 is 1.22 bits per heavy atom. The molecule has 5 heteroatoms. The normalized spacial score (nSPS) is 17.0. The van der Waals surface area contributed by atoms with Crippen LogP contribution in [0.25, 0.3) is 0 Å². The first kappa shape index (κ1) is 15.8. The van der Waals surface area contributed by atoms with Gasteiger partial charge in [-0.25, -0.2) is 0 Å². The molecule has 1 aliphatic rings. The van der Waals surface area contributed by atoms with Crippen LogP contribution in [0, 0.1) is 0 Å². The van der Waals surface area contributed by atoms with E-state index >= 15 is 0 Å². The fraction of sp³-hybridized carbons (Fsp3) is 0.278. The van der Waals surface area contributed by atoms with E-state index in [1.54, 1.807) is 36.4 Å². The minimum absolute atomic E-state index is 0.113. The molecule has 1 atom stereocenters. The molecule has 1 heterocycles. The van der Waals surface area contributed by atoms with Gasteiger partial charge in [0.25, 0.3) is 5.91 Å². The Bertz CT molecular complexity index is 666. The lowest BCUT2D eigenvalue weighted by atomic mass is 10.1. The van der Waals surface area contributed by atoms with Crippen LogP contribution in [0.5, 0.6) is 5.75 Å². The number of para-hydroxylation sites is 1. The van der Waals surface area contributed by atoms with Gasteiger partial charge in [-0.05, 0) is 49.2 Å². The number of carbonyl (C=O) groups excluding carboxylic acids is 1. The molecule has 0 bridgehead atoms. The fourth-order valence-electron chi connectivity index (χ4n) is 2.47. The Hall–Kier alpha value is -2.04. The van der Waals surface area contributed by atoms with Gasteiger partial charge < -0.3 is 14.8 Å². The number of hydrogen-bond donors (Lipinski definition) is 1. The highest BCUT2D eigenvalue weighted by Crippen LogP contribution is 2.22. The summed E-state index contributed by atoms with van der Waals surface area (Å²) in [5, 5.41) is 3.47. The van der Waals surface area contributed by atoms with E-state index in [1.807, 2.05) is 12.1 Å². The Kier molecular flexibility index (Phi) is 5.16. The summed E-state index contributed by atoms with van der Waals surface area (Å²) in [6, 6.07) is 14.2. The van der Waals surface area contributed by atoms with Crippen LogP contribution in [0.4, 0.5) is 5.69 Å². The molecule has 3 rings (SSSR count). The van der Waals surface area contributed by atoms with Gasteiger partial charge in [0.15, 0.2) is 0 Å². The second-order valence-corrected chi connectivity index (χ2v) is 5.84. The molecule has 1 fully saturated rings. The van der Waals surface area contributed by atoms with Crippen LogP contribution in [-0.4, -0.2) is 25.2 Å². The predicted octanol–water partition coefficient (Wildman–Crippen LogP) is 4.15. The largest absolute Gasteiger partial charge is 0.490 e. The van der Waals surface area contributed by atoms with Crippen molar-refractivity contribution >= 4 is 23.2 Å². The first-order chi connectivity index (χ1) is 11.2. The maximum atomic E-state index is 12.5. The van der Waals surface area contributed by atoms with Crippen LogP contribution < -0.4 is 10.1 Å². The molecular formula is C18H18ClNO3. The molecule has 4 nitrogen and oxygen atoms in total. The summed E-state index contributed by atoms with van der Waals surface area (Å²) in [5.41, 5.74) is 1.19. The van der Waals surface area contributed by atoms with E-state index in [0.717, 1.165) is 19.4 Å². The van der Waals surface area contributed by atoms with E-state index < -0.39 is 0 Å². The van der Waals surface area contributed by atoms with Crippen molar-refractivity contribution in [1.82, 2.24) is 0 Å². The minimum atomic E-state index is -0.213. The lowest BCUT2D eigenvalue weighted by Gasteiger charge is -2.14. The third-order valence-corrected chi connectivity index (χ3v) is 3.93. The van der Waals surface area contributed by atoms with Crippen molar-refractivity contribution in [3.63, 3.8) is 0 Å². The zero-order valence-electron chi connectivity index (χ0n) is 12.6. The number of carbonyl (C=O) groups is 1. The van der Waals surface area contributed by atoms with Crippen LogP contribution in [-0.2, 0) is 4.74 Å². The van der Waals surface area contributed by atoms with Crippen molar-refractivity contribution in [2.75, 3.05) is 18.5 Å². The molecule has 0 saturated carbocycles. The highest BCUT2D eigenvalue weighted by atomic mass is 35.5. The summed E-state index contributed by atoms with van der Waals surface area (Å²) in [4.78, 5) is 12.5. The molecule has 1 saturated heterocycles. The molecule has 2 aromatic rings. The number of benzene rings is 2. The second kappa shape index (κ2) is 7.49. The smallest absolute Gasteiger partial charge is 0.259 e. The SMILES string of the molecule is O=C(Nc1ccc(Cl)cc1)c1ccccc1OC[C@@H]1CCCO1. The summed E-state index contributed by atoms with van der Waals surface area (Å²) in [6.45, 7) is 1.25. The van der Waals surface area contributed by atoms with E-state index in [2.05, 4.69) is 5.32 Å². The molecular weight excluding hydrogens is 314 g/mol. The predicted molar refractivity (Wildman–Crippen MR) is 90.3 cm³/mol. The highest BCUT2D eigenvalue weighted by Gasteiger charge is 2.18. The van der Waals surface area contributed by atoms with Crippen molar-refractivity contribution in [2.45, 2.75) is 18.9 Å². The van der Waals surface area contributed by atoms with Gasteiger partial charge in [0.1, 0.15) is 12.4 Å². The maximum Gasteiger partial charge on any atom is 0.259 e. The Balaban J connectivity index is 1.68. The molecule has 0 radical (unpaired) electrons. The molecule has 2 aromatic carbocycles. The zero-order valence-corrected chi connectivity index (χ0v) is 13.4. The molecule has 0 aromatic heterocycles. The van der Waals surface area contributed by atoms with Gasteiger partial charge in [0.05, 0.1) is 11.7 Å². The average Bonchev–Trinajstić information content (AvgIpc) is 3.09. The van der Waals surface area contributed by atoms with Gasteiger partial charge in [0, 0.05) is 17.3 Å². The van der Waals surface area contributed by atoms with Crippen molar-refractivity contribution in [3.8, 4) is 5.75 Å². The Morgan fingerprint density at radius 3 is 2.74 bits per heavy atom. The minimum Gasteiger partial charge on any atom is -0.490 e. The number of amides is 1. The topological polar surface area (TPSA) is 47.6 Å². The van der Waals surface area contributed by atoms with E-state index in [0.29, 0.717) is 28.6 Å². The summed E-state index contributed by atoms with van der Waals surface area (Å²) in [5.74, 6) is 0.352. The lowest BCUT2D eigenvalue weighted by molar-refractivity contribution is 0.0673. The monoisotopic (exact) mass is 331 g/mol. The van der Waals surface area contributed by atoms with Gasteiger partial charge in [-0.1, -0.05) is 23.7 Å². The summed E-state index contributed by atoms with van der Waals surface area (Å²) < 4.78 is 11.3. The second-order valence-electron chi connectivity index (χ2n) is 5.40. The third-order valence-electron chi connectivity index (χ3n) is 3.68. The lowest BCUT2D eigenvalue weighted by Crippen LogP contribution is -2.19. The Labute approximate surface area is 140 Å². The number of rotatable bonds is 5. The average molecular weight is 332 g/mol. The zero-order chi connectivity index (χ0) is 16.1. The van der Waals surface area contributed by atoms with E-state index in [4.69, 9.17) is 21.1 Å². The fourth-order valence-corrected chi connectivity index (χ4v) is 2.60. The summed E-state index contributed by atoms with van der Waals surface area (Å²) >= 11 is 5.85. The molecule has 1 amide bonds. The Morgan fingerprint density at radius 2 is 2.00 bits per heavy atom. The molecule has 120 valence electrons. The first-order valence-corrected chi connectivity index (χ1v) is 8.00. The number of anilines is 1. The van der Waals surface area contributed by atoms with Gasteiger partial charge in [0.2, 0.25) is 0 Å². The van der Waals surface area contributed by atoms with Gasteiger partial charge in [-0.2, -0.15) is 0 Å². The van der Waals surface area contributed by atoms with Gasteiger partial charge in [-0.15, -0.1) is 0 Å². The summed E-state index contributed by atoms with van der Waals surface area (Å²) in [7, 11) is 0. The summed E-state index contributed by atoms with van der Waals surface area (Å²) in [6.07, 6.45) is 2.17. The maximum absolute atomic E-state index is 12.5. The van der Waals surface area contributed by atoms with Crippen LogP contribution >= 0.6 is 11.6 Å². The van der Waals surface area contributed by atoms with E-state index in [9.17, 15) is 4.79 Å². The van der Waals surface area contributed by atoms with Crippen LogP contribution in [0.15, 0.2) is 48.5 Å². The van der Waals surface area contributed by atoms with Crippen molar-refractivity contribution in [3.05, 3.63) is 59.1 Å². The molecule has 0 aliphatic carbocycles. The quantitative estimate of drug-likeness (QED) is 0.895.